The molecular formula is C20H20Br2F2N2O4. The number of carbonyl (C=O) groups is 2. The van der Waals surface area contributed by atoms with Gasteiger partial charge in [0.2, 0.25) is 5.78 Å². The summed E-state index contributed by atoms with van der Waals surface area (Å²) in [6, 6.07) is 2.71. The molecule has 0 fully saturated rings. The Balaban J connectivity index is 3.59. The zero-order valence-corrected chi connectivity index (χ0v) is 19.0. The Kier molecular flexibility index (Phi) is 11.1. The average Bonchev–Trinajstić information content (AvgIpc) is 2.70. The summed E-state index contributed by atoms with van der Waals surface area (Å²) < 4.78 is 35.2. The third-order valence-electron chi connectivity index (χ3n) is 3.36. The Labute approximate surface area is 189 Å². The maximum Gasteiger partial charge on any atom is 0.387 e. The summed E-state index contributed by atoms with van der Waals surface area (Å²) in [7, 11) is 0. The van der Waals surface area contributed by atoms with Crippen molar-refractivity contribution < 1.29 is 27.8 Å². The number of halogens is 4. The number of carbonyl (C=O) groups excluding carboxylic acids is 2. The summed E-state index contributed by atoms with van der Waals surface area (Å²) in [5.41, 5.74) is -0.454. The molecule has 0 aliphatic heterocycles. The summed E-state index contributed by atoms with van der Waals surface area (Å²) in [6.45, 7) is 7.84. The molecule has 0 saturated heterocycles. The number of ether oxygens (including phenoxy) is 2. The third kappa shape index (κ3) is 7.10. The highest BCUT2D eigenvalue weighted by molar-refractivity contribution is 9.11. The first-order valence-corrected chi connectivity index (χ1v) is 10.1. The Morgan fingerprint density at radius 2 is 1.67 bits per heavy atom. The highest BCUT2D eigenvalue weighted by atomic mass is 79.9. The highest BCUT2D eigenvalue weighted by Gasteiger charge is 2.29. The normalized spacial score (nSPS) is 10.0. The van der Waals surface area contributed by atoms with Crippen molar-refractivity contribution in [2.45, 2.75) is 6.61 Å². The molecule has 30 heavy (non-hydrogen) atoms. The van der Waals surface area contributed by atoms with Crippen LogP contribution in [0.3, 0.4) is 0 Å². The van der Waals surface area contributed by atoms with Crippen molar-refractivity contribution >= 4 is 43.6 Å². The molecule has 0 aliphatic carbocycles. The van der Waals surface area contributed by atoms with Crippen LogP contribution in [-0.4, -0.2) is 38.1 Å². The van der Waals surface area contributed by atoms with Crippen LogP contribution >= 0.6 is 31.9 Å². The van der Waals surface area contributed by atoms with E-state index < -0.39 is 18.4 Å². The molecule has 0 radical (unpaired) electrons. The van der Waals surface area contributed by atoms with Crippen LogP contribution in [0.15, 0.2) is 70.4 Å². The van der Waals surface area contributed by atoms with Gasteiger partial charge in [0.1, 0.15) is 18.0 Å². The molecular weight excluding hydrogens is 530 g/mol. The number of hydrogen-bond donors (Lipinski definition) is 2. The highest BCUT2D eigenvalue weighted by Crippen LogP contribution is 2.38. The number of rotatable bonds is 13. The van der Waals surface area contributed by atoms with Crippen LogP contribution < -0.4 is 15.4 Å². The second-order valence-corrected chi connectivity index (χ2v) is 7.07. The van der Waals surface area contributed by atoms with Crippen molar-refractivity contribution in [1.82, 2.24) is 10.6 Å². The minimum Gasteiger partial charge on any atom is -0.458 e. The predicted molar refractivity (Wildman–Crippen MR) is 117 cm³/mol. The SMILES string of the molecule is C=CCNC(NCC=C)=C(C(=O)OCC=C)C(=O)c1ccc(Br)c(OC(F)F)c1Br. The van der Waals surface area contributed by atoms with Gasteiger partial charge in [0.25, 0.3) is 0 Å². The van der Waals surface area contributed by atoms with Gasteiger partial charge in [-0.05, 0) is 44.0 Å². The topological polar surface area (TPSA) is 76.7 Å². The quantitative estimate of drug-likeness (QED) is 0.0943. The first-order chi connectivity index (χ1) is 14.3. The van der Waals surface area contributed by atoms with Gasteiger partial charge in [-0.2, -0.15) is 8.78 Å². The van der Waals surface area contributed by atoms with Crippen molar-refractivity contribution in [3.05, 3.63) is 76.0 Å². The summed E-state index contributed by atoms with van der Waals surface area (Å²) >= 11 is 6.21. The van der Waals surface area contributed by atoms with Gasteiger partial charge in [0.15, 0.2) is 5.75 Å². The van der Waals surface area contributed by atoms with Gasteiger partial charge >= 0.3 is 12.6 Å². The molecule has 1 aromatic carbocycles. The minimum atomic E-state index is -3.12. The predicted octanol–water partition coefficient (Wildman–Crippen LogP) is 4.49. The van der Waals surface area contributed by atoms with Crippen LogP contribution in [0.25, 0.3) is 0 Å². The molecule has 2 N–H and O–H groups in total. The van der Waals surface area contributed by atoms with E-state index in [4.69, 9.17) is 4.74 Å². The molecule has 0 atom stereocenters. The van der Waals surface area contributed by atoms with Crippen molar-refractivity contribution in [3.8, 4) is 5.75 Å². The smallest absolute Gasteiger partial charge is 0.387 e. The fourth-order valence-corrected chi connectivity index (χ4v) is 3.45. The zero-order chi connectivity index (χ0) is 22.7. The number of ketones is 1. The summed E-state index contributed by atoms with van der Waals surface area (Å²) in [5, 5.41) is 5.74. The summed E-state index contributed by atoms with van der Waals surface area (Å²) in [5.74, 6) is -1.94. The van der Waals surface area contributed by atoms with E-state index >= 15 is 0 Å². The van der Waals surface area contributed by atoms with Crippen LogP contribution in [0.2, 0.25) is 0 Å². The second kappa shape index (κ2) is 13.0. The van der Waals surface area contributed by atoms with Crippen LogP contribution in [0.4, 0.5) is 8.78 Å². The maximum absolute atomic E-state index is 13.3. The summed E-state index contributed by atoms with van der Waals surface area (Å²) in [6.07, 6.45) is 4.39. The standard InChI is InChI=1S/C20H20Br2F2N2O4/c1-4-9-25-18(26-10-5-2)14(19(28)29-11-6-3)16(27)12-7-8-13(21)17(15(12)22)30-20(23)24/h4-8,20,25-26H,1-3,9-11H2. The van der Waals surface area contributed by atoms with Crippen molar-refractivity contribution in [2.75, 3.05) is 19.7 Å². The van der Waals surface area contributed by atoms with Crippen molar-refractivity contribution in [1.29, 1.82) is 0 Å². The van der Waals surface area contributed by atoms with Gasteiger partial charge in [-0.1, -0.05) is 24.8 Å². The molecule has 0 unspecified atom stereocenters. The van der Waals surface area contributed by atoms with Gasteiger partial charge < -0.3 is 20.1 Å². The van der Waals surface area contributed by atoms with E-state index in [0.29, 0.717) is 0 Å². The van der Waals surface area contributed by atoms with Gasteiger partial charge in [-0.25, -0.2) is 4.79 Å². The van der Waals surface area contributed by atoms with Gasteiger partial charge in [-0.3, -0.25) is 4.79 Å². The van der Waals surface area contributed by atoms with Gasteiger partial charge in [-0.15, -0.1) is 13.2 Å². The lowest BCUT2D eigenvalue weighted by atomic mass is 10.0. The van der Waals surface area contributed by atoms with E-state index in [0.717, 1.165) is 0 Å². The number of benzene rings is 1. The van der Waals surface area contributed by atoms with Gasteiger partial charge in [0.05, 0.1) is 8.95 Å². The summed E-state index contributed by atoms with van der Waals surface area (Å²) in [4.78, 5) is 26.0. The Morgan fingerprint density at radius 3 is 2.17 bits per heavy atom. The number of hydrogen-bond acceptors (Lipinski definition) is 6. The van der Waals surface area contributed by atoms with Crippen LogP contribution in [0.1, 0.15) is 10.4 Å². The number of alkyl halides is 2. The molecule has 1 aromatic rings. The molecule has 0 spiro atoms. The molecule has 0 aliphatic rings. The molecule has 10 heteroatoms. The van der Waals surface area contributed by atoms with E-state index in [-0.39, 0.29) is 51.3 Å². The lowest BCUT2D eigenvalue weighted by Gasteiger charge is -2.17. The van der Waals surface area contributed by atoms with E-state index in [9.17, 15) is 18.4 Å². The van der Waals surface area contributed by atoms with Crippen LogP contribution in [0.5, 0.6) is 5.75 Å². The molecule has 0 amide bonds. The van der Waals surface area contributed by atoms with E-state index in [2.05, 4.69) is 67.0 Å². The first kappa shape index (κ1) is 25.6. The third-order valence-corrected chi connectivity index (χ3v) is 4.77. The molecule has 0 heterocycles. The molecule has 0 saturated carbocycles. The average molecular weight is 550 g/mol. The molecule has 0 aromatic heterocycles. The van der Waals surface area contributed by atoms with E-state index in [1.165, 1.54) is 30.4 Å². The maximum atomic E-state index is 13.3. The lowest BCUT2D eigenvalue weighted by Crippen LogP contribution is -2.33. The largest absolute Gasteiger partial charge is 0.458 e. The second-order valence-electron chi connectivity index (χ2n) is 5.42. The van der Waals surface area contributed by atoms with Crippen LogP contribution in [0, 0.1) is 0 Å². The molecule has 0 bridgehead atoms. The Hall–Kier alpha value is -2.46. The molecule has 162 valence electrons. The van der Waals surface area contributed by atoms with E-state index in [1.807, 2.05) is 0 Å². The number of Topliss-reactive ketones (excluding diaryl/α,β-unsaturated/α-hetero) is 1. The fraction of sp³-hybridized carbons (Fsp3) is 0.200. The van der Waals surface area contributed by atoms with Gasteiger partial charge in [0, 0.05) is 18.7 Å². The minimum absolute atomic E-state index is 0.0528. The van der Waals surface area contributed by atoms with E-state index in [1.54, 1.807) is 0 Å². The van der Waals surface area contributed by atoms with Crippen molar-refractivity contribution in [2.24, 2.45) is 0 Å². The lowest BCUT2D eigenvalue weighted by molar-refractivity contribution is -0.137. The first-order valence-electron chi connectivity index (χ1n) is 8.47. The Morgan fingerprint density at radius 1 is 1.07 bits per heavy atom. The number of nitrogens with one attached hydrogen (secondary N) is 2. The zero-order valence-electron chi connectivity index (χ0n) is 15.9. The monoisotopic (exact) mass is 548 g/mol. The Bertz CT molecular complexity index is 843. The molecule has 1 rings (SSSR count). The van der Waals surface area contributed by atoms with Crippen LogP contribution in [-0.2, 0) is 9.53 Å². The number of esters is 1. The fourth-order valence-electron chi connectivity index (χ4n) is 2.14. The van der Waals surface area contributed by atoms with Crippen molar-refractivity contribution in [3.63, 3.8) is 0 Å². The molecule has 6 nitrogen and oxygen atoms in total.